The first-order valence-electron chi connectivity index (χ1n) is 10.7. The maximum Gasteiger partial charge on any atom is 0.343 e. The highest BCUT2D eigenvalue weighted by Gasteiger charge is 2.29. The van der Waals surface area contributed by atoms with E-state index in [1.165, 1.54) is 0 Å². The van der Waals surface area contributed by atoms with Crippen molar-refractivity contribution < 1.29 is 14.3 Å². The lowest BCUT2D eigenvalue weighted by atomic mass is 9.90. The lowest BCUT2D eigenvalue weighted by Crippen LogP contribution is -2.34. The summed E-state index contributed by atoms with van der Waals surface area (Å²) in [5.74, 6) is -1.23. The third kappa shape index (κ3) is 4.80. The summed E-state index contributed by atoms with van der Waals surface area (Å²) in [6.07, 6.45) is 0. The van der Waals surface area contributed by atoms with Crippen LogP contribution in [0.1, 0.15) is 24.0 Å². The van der Waals surface area contributed by atoms with Crippen LogP contribution in [-0.4, -0.2) is 18.5 Å². The Bertz CT molecular complexity index is 1160. The van der Waals surface area contributed by atoms with E-state index < -0.39 is 11.9 Å². The van der Waals surface area contributed by atoms with E-state index in [9.17, 15) is 9.59 Å². The van der Waals surface area contributed by atoms with Crippen LogP contribution in [0.3, 0.4) is 0 Å². The van der Waals surface area contributed by atoms with E-state index in [1.54, 1.807) is 6.92 Å². The van der Waals surface area contributed by atoms with E-state index in [2.05, 4.69) is 22.5 Å². The Morgan fingerprint density at radius 2 is 1.36 bits per heavy atom. The average Bonchev–Trinajstić information content (AvgIpc) is 2.96. The Hall–Kier alpha value is -4.32. The van der Waals surface area contributed by atoms with Crippen molar-refractivity contribution in [3.63, 3.8) is 0 Å². The minimum atomic E-state index is -0.582. The number of benzene rings is 3. The second-order valence-electron chi connectivity index (χ2n) is 7.49. The van der Waals surface area contributed by atoms with Gasteiger partial charge < -0.3 is 20.7 Å². The standard InChI is InChI=1S/C27H25N3O3/c1-3-33-27(32)23-18(2)28-21-16-10-11-17-22(21)29-25(23)30-26(31)24(19-12-6-4-7-13-19)20-14-8-5-9-15-20/h4-17,24,28-29H,2-3H2,1H3,(H,30,31). The molecular formula is C27H25N3O3. The highest BCUT2D eigenvalue weighted by Crippen LogP contribution is 2.31. The summed E-state index contributed by atoms with van der Waals surface area (Å²) in [5.41, 5.74) is 3.58. The van der Waals surface area contributed by atoms with Gasteiger partial charge in [0.2, 0.25) is 5.91 Å². The maximum atomic E-state index is 13.7. The SMILES string of the molecule is C=C1Nc2ccccc2NC(NC(=O)C(c2ccccc2)c2ccccc2)=C1C(=O)OCC. The second-order valence-corrected chi connectivity index (χ2v) is 7.49. The summed E-state index contributed by atoms with van der Waals surface area (Å²) in [4.78, 5) is 26.5. The van der Waals surface area contributed by atoms with Crippen LogP contribution in [0.2, 0.25) is 0 Å². The van der Waals surface area contributed by atoms with Crippen molar-refractivity contribution in [2.75, 3.05) is 17.2 Å². The zero-order valence-electron chi connectivity index (χ0n) is 18.3. The van der Waals surface area contributed by atoms with Gasteiger partial charge in [-0.25, -0.2) is 4.79 Å². The summed E-state index contributed by atoms with van der Waals surface area (Å²) in [6.45, 7) is 5.94. The normalized spacial score (nSPS) is 12.8. The number of fused-ring (bicyclic) bond motifs is 1. The Kier molecular flexibility index (Phi) is 6.55. The second kappa shape index (κ2) is 9.87. The quantitative estimate of drug-likeness (QED) is 0.483. The van der Waals surface area contributed by atoms with E-state index >= 15 is 0 Å². The highest BCUT2D eigenvalue weighted by molar-refractivity contribution is 5.99. The molecule has 0 unspecified atom stereocenters. The summed E-state index contributed by atoms with van der Waals surface area (Å²) < 4.78 is 5.26. The fourth-order valence-corrected chi connectivity index (χ4v) is 3.78. The monoisotopic (exact) mass is 439 g/mol. The molecule has 6 heteroatoms. The molecular weight excluding hydrogens is 414 g/mol. The number of anilines is 2. The van der Waals surface area contributed by atoms with Crippen LogP contribution in [0.15, 0.2) is 109 Å². The molecule has 4 rings (SSSR count). The van der Waals surface area contributed by atoms with E-state index in [1.807, 2.05) is 84.9 Å². The van der Waals surface area contributed by atoms with Crippen molar-refractivity contribution in [3.8, 4) is 0 Å². The van der Waals surface area contributed by atoms with Gasteiger partial charge in [0.1, 0.15) is 11.4 Å². The smallest absolute Gasteiger partial charge is 0.343 e. The summed E-state index contributed by atoms with van der Waals surface area (Å²) in [6, 6.07) is 26.5. The van der Waals surface area contributed by atoms with Crippen LogP contribution in [0.4, 0.5) is 11.4 Å². The number of ether oxygens (including phenoxy) is 1. The van der Waals surface area contributed by atoms with Crippen molar-refractivity contribution in [3.05, 3.63) is 120 Å². The molecule has 166 valence electrons. The first kappa shape index (κ1) is 21.9. The molecule has 0 fully saturated rings. The van der Waals surface area contributed by atoms with E-state index in [0.29, 0.717) is 11.4 Å². The molecule has 6 nitrogen and oxygen atoms in total. The van der Waals surface area contributed by atoms with E-state index in [4.69, 9.17) is 4.74 Å². The molecule has 0 aliphatic carbocycles. The zero-order chi connectivity index (χ0) is 23.2. The predicted octanol–water partition coefficient (Wildman–Crippen LogP) is 4.76. The number of carbonyl (C=O) groups is 2. The molecule has 3 N–H and O–H groups in total. The first-order chi connectivity index (χ1) is 16.1. The molecule has 0 radical (unpaired) electrons. The van der Waals surface area contributed by atoms with Crippen LogP contribution in [0.25, 0.3) is 0 Å². The average molecular weight is 440 g/mol. The molecule has 33 heavy (non-hydrogen) atoms. The molecule has 0 saturated carbocycles. The van der Waals surface area contributed by atoms with Gasteiger partial charge in [-0.2, -0.15) is 0 Å². The molecule has 3 aromatic rings. The number of hydrogen-bond donors (Lipinski definition) is 3. The lowest BCUT2D eigenvalue weighted by Gasteiger charge is -2.21. The van der Waals surface area contributed by atoms with Crippen molar-refractivity contribution in [2.45, 2.75) is 12.8 Å². The minimum absolute atomic E-state index is 0.140. The van der Waals surface area contributed by atoms with Gasteiger partial charge in [-0.15, -0.1) is 0 Å². The maximum absolute atomic E-state index is 13.7. The van der Waals surface area contributed by atoms with Gasteiger partial charge in [0, 0.05) is 5.70 Å². The summed E-state index contributed by atoms with van der Waals surface area (Å²) in [5, 5.41) is 9.28. The lowest BCUT2D eigenvalue weighted by molar-refractivity contribution is -0.138. The van der Waals surface area contributed by atoms with Crippen LogP contribution >= 0.6 is 0 Å². The highest BCUT2D eigenvalue weighted by atomic mass is 16.5. The number of hydrogen-bond acceptors (Lipinski definition) is 5. The number of amides is 1. The molecule has 1 aliphatic rings. The molecule has 0 spiro atoms. The summed E-state index contributed by atoms with van der Waals surface area (Å²) in [7, 11) is 0. The molecule has 3 aromatic carbocycles. The molecule has 0 bridgehead atoms. The topological polar surface area (TPSA) is 79.5 Å². The van der Waals surface area contributed by atoms with Gasteiger partial charge >= 0.3 is 5.97 Å². The Morgan fingerprint density at radius 1 is 0.848 bits per heavy atom. The number of esters is 1. The molecule has 0 saturated heterocycles. The Balaban J connectivity index is 1.76. The largest absolute Gasteiger partial charge is 0.462 e. The van der Waals surface area contributed by atoms with Crippen LogP contribution < -0.4 is 16.0 Å². The third-order valence-corrected chi connectivity index (χ3v) is 5.28. The number of rotatable bonds is 6. The van der Waals surface area contributed by atoms with Gasteiger partial charge in [0.15, 0.2) is 0 Å². The van der Waals surface area contributed by atoms with Crippen LogP contribution in [-0.2, 0) is 14.3 Å². The van der Waals surface area contributed by atoms with Crippen molar-refractivity contribution in [1.82, 2.24) is 5.32 Å². The van der Waals surface area contributed by atoms with E-state index in [0.717, 1.165) is 16.8 Å². The van der Waals surface area contributed by atoms with Crippen molar-refractivity contribution in [1.29, 1.82) is 0 Å². The first-order valence-corrected chi connectivity index (χ1v) is 10.7. The summed E-state index contributed by atoms with van der Waals surface area (Å²) >= 11 is 0. The molecule has 1 heterocycles. The van der Waals surface area contributed by atoms with Gasteiger partial charge in [-0.1, -0.05) is 79.4 Å². The molecule has 0 aromatic heterocycles. The Labute approximate surface area is 193 Å². The number of carbonyl (C=O) groups excluding carboxylic acids is 2. The van der Waals surface area contributed by atoms with Gasteiger partial charge in [0.25, 0.3) is 0 Å². The van der Waals surface area contributed by atoms with E-state index in [-0.39, 0.29) is 23.9 Å². The Morgan fingerprint density at radius 3 is 1.91 bits per heavy atom. The molecule has 1 amide bonds. The number of para-hydroxylation sites is 2. The van der Waals surface area contributed by atoms with Crippen molar-refractivity contribution >= 4 is 23.3 Å². The van der Waals surface area contributed by atoms with Crippen molar-refractivity contribution in [2.24, 2.45) is 0 Å². The zero-order valence-corrected chi connectivity index (χ0v) is 18.3. The third-order valence-electron chi connectivity index (χ3n) is 5.28. The predicted molar refractivity (Wildman–Crippen MR) is 129 cm³/mol. The van der Waals surface area contributed by atoms with Gasteiger partial charge in [-0.3, -0.25) is 4.79 Å². The minimum Gasteiger partial charge on any atom is -0.462 e. The fraction of sp³-hybridized carbons (Fsp3) is 0.111. The van der Waals surface area contributed by atoms with Crippen LogP contribution in [0.5, 0.6) is 0 Å². The van der Waals surface area contributed by atoms with Crippen LogP contribution in [0, 0.1) is 0 Å². The van der Waals surface area contributed by atoms with Gasteiger partial charge in [-0.05, 0) is 30.2 Å². The van der Waals surface area contributed by atoms with Gasteiger partial charge in [0.05, 0.1) is 23.9 Å². The molecule has 0 atom stereocenters. The molecule has 1 aliphatic heterocycles. The fourth-order valence-electron chi connectivity index (χ4n) is 3.78. The number of nitrogens with one attached hydrogen (secondary N) is 3.